The minimum atomic E-state index is -0.962. The van der Waals surface area contributed by atoms with E-state index in [2.05, 4.69) is 5.32 Å². The summed E-state index contributed by atoms with van der Waals surface area (Å²) in [5.74, 6) is -1.70. The Morgan fingerprint density at radius 1 is 1.17 bits per heavy atom. The lowest BCUT2D eigenvalue weighted by Crippen LogP contribution is -2.21. The number of carbonyl (C=O) groups is 1. The number of hydrogen-bond acceptors (Lipinski definition) is 3. The second-order valence-electron chi connectivity index (χ2n) is 5.54. The molecule has 0 aromatic heterocycles. The zero-order valence-corrected chi connectivity index (χ0v) is 12.8. The third-order valence-electron chi connectivity index (χ3n) is 3.14. The minimum absolute atomic E-state index is 0.114. The van der Waals surface area contributed by atoms with Crippen LogP contribution in [0.4, 0.5) is 14.5 Å². The van der Waals surface area contributed by atoms with E-state index in [0.717, 1.165) is 12.1 Å². The van der Waals surface area contributed by atoms with Crippen LogP contribution in [0.5, 0.6) is 5.75 Å². The molecule has 0 spiro atoms. The summed E-state index contributed by atoms with van der Waals surface area (Å²) < 4.78 is 31.5. The van der Waals surface area contributed by atoms with Crippen molar-refractivity contribution in [2.45, 2.75) is 19.4 Å². The molecule has 0 fully saturated rings. The highest BCUT2D eigenvalue weighted by atomic mass is 19.1. The molecular weight excluding hydrogens is 304 g/mol. The van der Waals surface area contributed by atoms with Gasteiger partial charge >= 0.3 is 0 Å². The fourth-order valence-corrected chi connectivity index (χ4v) is 1.89. The summed E-state index contributed by atoms with van der Waals surface area (Å²) in [5, 5.41) is 12.1. The number of halogens is 2. The Morgan fingerprint density at radius 2 is 1.83 bits per heavy atom. The molecule has 0 saturated heterocycles. The third-order valence-corrected chi connectivity index (χ3v) is 3.14. The van der Waals surface area contributed by atoms with Gasteiger partial charge in [-0.2, -0.15) is 0 Å². The molecular formula is C17H17F2NO3. The number of carbonyl (C=O) groups excluding carboxylic acids is 1. The number of anilines is 1. The van der Waals surface area contributed by atoms with Crippen molar-refractivity contribution in [3.8, 4) is 5.75 Å². The topological polar surface area (TPSA) is 58.6 Å². The van der Waals surface area contributed by atoms with Crippen LogP contribution in [0.25, 0.3) is 0 Å². The van der Waals surface area contributed by atoms with Crippen molar-refractivity contribution in [3.63, 3.8) is 0 Å². The lowest BCUT2D eigenvalue weighted by atomic mass is 9.99. The van der Waals surface area contributed by atoms with Crippen molar-refractivity contribution in [2.24, 2.45) is 0 Å². The predicted octanol–water partition coefficient (Wildman–Crippen LogP) is 3.21. The van der Waals surface area contributed by atoms with Crippen LogP contribution in [0.1, 0.15) is 19.4 Å². The first-order chi connectivity index (χ1) is 10.8. The standard InChI is InChI=1S/C17H17F2NO3/c1-17(2,22)11-3-6-13(7-4-11)23-10-16(21)20-15-8-5-12(18)9-14(15)19/h3-9,22H,10H2,1-2H3,(H,20,21). The number of nitrogens with one attached hydrogen (secondary N) is 1. The van der Waals surface area contributed by atoms with E-state index in [4.69, 9.17) is 4.74 Å². The van der Waals surface area contributed by atoms with Crippen LogP contribution in [0.2, 0.25) is 0 Å². The van der Waals surface area contributed by atoms with Gasteiger partial charge in [-0.3, -0.25) is 4.79 Å². The van der Waals surface area contributed by atoms with Gasteiger partial charge in [0.25, 0.3) is 5.91 Å². The van der Waals surface area contributed by atoms with Crippen LogP contribution in [0.15, 0.2) is 42.5 Å². The van der Waals surface area contributed by atoms with Crippen LogP contribution >= 0.6 is 0 Å². The molecule has 0 aliphatic carbocycles. The molecule has 0 aliphatic heterocycles. The fraction of sp³-hybridized carbons (Fsp3) is 0.235. The molecule has 2 aromatic carbocycles. The van der Waals surface area contributed by atoms with E-state index in [1.807, 2.05) is 0 Å². The molecule has 0 aliphatic rings. The van der Waals surface area contributed by atoms with Gasteiger partial charge in [0.05, 0.1) is 11.3 Å². The molecule has 0 heterocycles. The summed E-state index contributed by atoms with van der Waals surface area (Å²) in [7, 11) is 0. The summed E-state index contributed by atoms with van der Waals surface area (Å²) in [4.78, 5) is 11.7. The molecule has 6 heteroatoms. The molecule has 0 radical (unpaired) electrons. The number of amides is 1. The van der Waals surface area contributed by atoms with Crippen molar-refractivity contribution in [3.05, 3.63) is 59.7 Å². The van der Waals surface area contributed by atoms with Gasteiger partial charge < -0.3 is 15.2 Å². The highest BCUT2D eigenvalue weighted by molar-refractivity contribution is 5.91. The zero-order valence-electron chi connectivity index (χ0n) is 12.8. The van der Waals surface area contributed by atoms with Gasteiger partial charge in [0.15, 0.2) is 6.61 Å². The summed E-state index contributed by atoms with van der Waals surface area (Å²) in [5.41, 5.74) is -0.365. The number of rotatable bonds is 5. The van der Waals surface area contributed by atoms with E-state index in [1.165, 1.54) is 0 Å². The first-order valence-electron chi connectivity index (χ1n) is 6.96. The number of benzene rings is 2. The molecule has 2 N–H and O–H groups in total. The Morgan fingerprint density at radius 3 is 2.39 bits per heavy atom. The lowest BCUT2D eigenvalue weighted by molar-refractivity contribution is -0.118. The molecule has 0 atom stereocenters. The molecule has 1 amide bonds. The molecule has 2 aromatic rings. The van der Waals surface area contributed by atoms with Gasteiger partial charge in [-0.25, -0.2) is 8.78 Å². The third kappa shape index (κ3) is 4.75. The van der Waals surface area contributed by atoms with Crippen LogP contribution < -0.4 is 10.1 Å². The maximum atomic E-state index is 13.4. The van der Waals surface area contributed by atoms with Crippen molar-refractivity contribution in [2.75, 3.05) is 11.9 Å². The SMILES string of the molecule is CC(C)(O)c1ccc(OCC(=O)Nc2ccc(F)cc2F)cc1. The number of aliphatic hydroxyl groups is 1. The number of ether oxygens (including phenoxy) is 1. The lowest BCUT2D eigenvalue weighted by Gasteiger charge is -2.17. The molecule has 23 heavy (non-hydrogen) atoms. The van der Waals surface area contributed by atoms with Gasteiger partial charge in [0.1, 0.15) is 17.4 Å². The molecule has 0 saturated carbocycles. The Balaban J connectivity index is 1.91. The summed E-state index contributed by atoms with van der Waals surface area (Å²) in [6.07, 6.45) is 0. The van der Waals surface area contributed by atoms with Gasteiger partial charge in [-0.05, 0) is 43.7 Å². The molecule has 0 unspecified atom stereocenters. The van der Waals surface area contributed by atoms with Gasteiger partial charge in [-0.15, -0.1) is 0 Å². The normalized spacial score (nSPS) is 11.2. The second kappa shape index (κ2) is 6.75. The van der Waals surface area contributed by atoms with Gasteiger partial charge in [0.2, 0.25) is 0 Å². The monoisotopic (exact) mass is 321 g/mol. The first kappa shape index (κ1) is 16.9. The molecule has 122 valence electrons. The Hall–Kier alpha value is -2.47. The van der Waals surface area contributed by atoms with Crippen molar-refractivity contribution in [1.82, 2.24) is 0 Å². The first-order valence-corrected chi connectivity index (χ1v) is 6.96. The van der Waals surface area contributed by atoms with Gasteiger partial charge in [-0.1, -0.05) is 12.1 Å². The fourth-order valence-electron chi connectivity index (χ4n) is 1.89. The Bertz CT molecular complexity index is 694. The van der Waals surface area contributed by atoms with E-state index in [1.54, 1.807) is 38.1 Å². The predicted molar refractivity (Wildman–Crippen MR) is 82.2 cm³/mol. The van der Waals surface area contributed by atoms with Crippen molar-refractivity contribution in [1.29, 1.82) is 0 Å². The smallest absolute Gasteiger partial charge is 0.262 e. The van der Waals surface area contributed by atoms with E-state index in [0.29, 0.717) is 17.4 Å². The van der Waals surface area contributed by atoms with Crippen LogP contribution in [0.3, 0.4) is 0 Å². The molecule has 0 bridgehead atoms. The zero-order chi connectivity index (χ0) is 17.0. The molecule has 4 nitrogen and oxygen atoms in total. The number of hydrogen-bond donors (Lipinski definition) is 2. The van der Waals surface area contributed by atoms with Crippen LogP contribution in [-0.4, -0.2) is 17.6 Å². The highest BCUT2D eigenvalue weighted by Gasteiger charge is 2.15. The highest BCUT2D eigenvalue weighted by Crippen LogP contribution is 2.22. The quantitative estimate of drug-likeness (QED) is 0.889. The summed E-state index contributed by atoms with van der Waals surface area (Å²) in [6, 6.07) is 9.50. The Labute approximate surface area is 132 Å². The maximum absolute atomic E-state index is 13.4. The van der Waals surface area contributed by atoms with E-state index in [-0.39, 0.29) is 12.3 Å². The molecule has 2 rings (SSSR count). The summed E-state index contributed by atoms with van der Waals surface area (Å²) in [6.45, 7) is 3.00. The average molecular weight is 321 g/mol. The van der Waals surface area contributed by atoms with E-state index >= 15 is 0 Å². The van der Waals surface area contributed by atoms with Crippen LogP contribution in [0, 0.1) is 11.6 Å². The summed E-state index contributed by atoms with van der Waals surface area (Å²) >= 11 is 0. The second-order valence-corrected chi connectivity index (χ2v) is 5.54. The average Bonchev–Trinajstić information content (AvgIpc) is 2.47. The van der Waals surface area contributed by atoms with Crippen molar-refractivity contribution >= 4 is 11.6 Å². The largest absolute Gasteiger partial charge is 0.484 e. The minimum Gasteiger partial charge on any atom is -0.484 e. The van der Waals surface area contributed by atoms with Crippen molar-refractivity contribution < 1.29 is 23.4 Å². The van der Waals surface area contributed by atoms with Crippen LogP contribution in [-0.2, 0) is 10.4 Å². The maximum Gasteiger partial charge on any atom is 0.262 e. The van der Waals surface area contributed by atoms with Gasteiger partial charge in [0, 0.05) is 6.07 Å². The van der Waals surface area contributed by atoms with E-state index in [9.17, 15) is 18.7 Å². The Kier molecular flexibility index (Phi) is 4.95. The van der Waals surface area contributed by atoms with E-state index < -0.39 is 23.1 Å².